The molecule has 3 nitrogen and oxygen atoms in total. The number of ether oxygens (including phenoxy) is 1. The number of hydrogen-bond donors (Lipinski definition) is 0. The number of carbonyl (C=O) groups excluding carboxylic acids is 1. The van der Waals surface area contributed by atoms with Gasteiger partial charge in [0.2, 0.25) is 0 Å². The van der Waals surface area contributed by atoms with Gasteiger partial charge in [-0.05, 0) is 25.3 Å². The van der Waals surface area contributed by atoms with Gasteiger partial charge in [-0.25, -0.2) is 4.79 Å². The van der Waals surface area contributed by atoms with Crippen LogP contribution in [0.1, 0.15) is 55.4 Å². The fraction of sp³-hybridized carbons (Fsp3) is 0.615. The van der Waals surface area contributed by atoms with E-state index in [2.05, 4.69) is 25.3 Å². The largest absolute Gasteiger partial charge is 0.462 e. The van der Waals surface area contributed by atoms with Gasteiger partial charge in [0.25, 0.3) is 0 Å². The monoisotopic (exact) mass is 223 g/mol. The van der Waals surface area contributed by atoms with Gasteiger partial charge < -0.3 is 9.30 Å². The van der Waals surface area contributed by atoms with Crippen LogP contribution in [-0.2, 0) is 18.2 Å². The van der Waals surface area contributed by atoms with Gasteiger partial charge in [-0.2, -0.15) is 0 Å². The average molecular weight is 223 g/mol. The summed E-state index contributed by atoms with van der Waals surface area (Å²) in [6, 6.07) is 1.96. The highest BCUT2D eigenvalue weighted by Gasteiger charge is 2.19. The van der Waals surface area contributed by atoms with Crippen molar-refractivity contribution < 1.29 is 9.53 Å². The summed E-state index contributed by atoms with van der Waals surface area (Å²) in [7, 11) is 2.01. The summed E-state index contributed by atoms with van der Waals surface area (Å²) in [4.78, 5) is 11.8. The van der Waals surface area contributed by atoms with E-state index in [0.29, 0.717) is 12.5 Å². The summed E-state index contributed by atoms with van der Waals surface area (Å²) in [5.41, 5.74) is 2.96. The molecule has 1 heterocycles. The third kappa shape index (κ3) is 2.29. The molecule has 0 aliphatic carbocycles. The molecule has 0 N–H and O–H groups in total. The normalized spacial score (nSPS) is 10.9. The van der Waals surface area contributed by atoms with Crippen LogP contribution in [0.2, 0.25) is 0 Å². The molecule has 3 heteroatoms. The summed E-state index contributed by atoms with van der Waals surface area (Å²) in [6.45, 7) is 8.57. The van der Waals surface area contributed by atoms with E-state index in [9.17, 15) is 4.79 Å². The molecular formula is C13H21NO2. The maximum Gasteiger partial charge on any atom is 0.339 e. The van der Waals surface area contributed by atoms with Crippen molar-refractivity contribution in [3.8, 4) is 0 Å². The number of aromatic nitrogens is 1. The van der Waals surface area contributed by atoms with Gasteiger partial charge in [-0.3, -0.25) is 0 Å². The Kier molecular flexibility index (Phi) is 4.16. The summed E-state index contributed by atoms with van der Waals surface area (Å²) in [6.07, 6.45) is 0.845. The molecule has 0 unspecified atom stereocenters. The zero-order chi connectivity index (χ0) is 12.3. The minimum atomic E-state index is -0.207. The highest BCUT2D eigenvalue weighted by molar-refractivity contribution is 5.91. The molecule has 0 bridgehead atoms. The first kappa shape index (κ1) is 12.8. The van der Waals surface area contributed by atoms with E-state index in [-0.39, 0.29) is 5.97 Å². The first-order valence-electron chi connectivity index (χ1n) is 5.88. The first-order chi connectivity index (χ1) is 7.52. The Morgan fingerprint density at radius 2 is 2.06 bits per heavy atom. The van der Waals surface area contributed by atoms with Crippen molar-refractivity contribution in [2.24, 2.45) is 7.05 Å². The van der Waals surface area contributed by atoms with Gasteiger partial charge >= 0.3 is 5.97 Å². The van der Waals surface area contributed by atoms with Crippen molar-refractivity contribution in [2.75, 3.05) is 6.61 Å². The Hall–Kier alpha value is -1.25. The maximum atomic E-state index is 11.8. The smallest absolute Gasteiger partial charge is 0.339 e. The van der Waals surface area contributed by atoms with E-state index in [1.165, 1.54) is 5.69 Å². The van der Waals surface area contributed by atoms with Gasteiger partial charge in [0.05, 0.1) is 12.2 Å². The highest BCUT2D eigenvalue weighted by atomic mass is 16.5. The average Bonchev–Trinajstić information content (AvgIpc) is 2.55. The molecule has 16 heavy (non-hydrogen) atoms. The van der Waals surface area contributed by atoms with Crippen molar-refractivity contribution in [2.45, 2.75) is 40.0 Å². The van der Waals surface area contributed by atoms with Crippen LogP contribution in [0.3, 0.4) is 0 Å². The van der Waals surface area contributed by atoms with Gasteiger partial charge in [0, 0.05) is 18.4 Å². The van der Waals surface area contributed by atoms with Crippen LogP contribution in [0.15, 0.2) is 6.07 Å². The quantitative estimate of drug-likeness (QED) is 0.735. The van der Waals surface area contributed by atoms with Crippen molar-refractivity contribution in [3.63, 3.8) is 0 Å². The van der Waals surface area contributed by atoms with Crippen molar-refractivity contribution >= 4 is 5.97 Å². The van der Waals surface area contributed by atoms with E-state index < -0.39 is 0 Å². The number of rotatable bonds is 4. The molecule has 0 saturated heterocycles. The molecule has 0 radical (unpaired) electrons. The van der Waals surface area contributed by atoms with Crippen LogP contribution in [0.25, 0.3) is 0 Å². The predicted octanol–water partition coefficient (Wildman–Crippen LogP) is 2.89. The molecule has 90 valence electrons. The molecule has 0 aliphatic heterocycles. The van der Waals surface area contributed by atoms with E-state index in [1.54, 1.807) is 0 Å². The van der Waals surface area contributed by atoms with E-state index in [4.69, 9.17) is 4.74 Å². The minimum absolute atomic E-state index is 0.207. The van der Waals surface area contributed by atoms with Crippen molar-refractivity contribution in [1.29, 1.82) is 0 Å². The summed E-state index contributed by atoms with van der Waals surface area (Å²) in [5, 5.41) is 0. The fourth-order valence-corrected chi connectivity index (χ4v) is 2.03. The molecule has 1 aromatic rings. The van der Waals surface area contributed by atoms with E-state index in [0.717, 1.165) is 17.7 Å². The van der Waals surface area contributed by atoms with Crippen molar-refractivity contribution in [3.05, 3.63) is 23.0 Å². The first-order valence-corrected chi connectivity index (χ1v) is 5.88. The second-order valence-corrected chi connectivity index (χ2v) is 4.22. The second-order valence-electron chi connectivity index (χ2n) is 4.22. The SMILES string of the molecule is CCOC(=O)c1cc(C(C)C)n(C)c1CC. The molecule has 1 rings (SSSR count). The Morgan fingerprint density at radius 3 is 2.50 bits per heavy atom. The molecular weight excluding hydrogens is 202 g/mol. The maximum absolute atomic E-state index is 11.8. The molecule has 0 amide bonds. The zero-order valence-corrected chi connectivity index (χ0v) is 10.8. The van der Waals surface area contributed by atoms with Crippen LogP contribution in [0.5, 0.6) is 0 Å². The fourth-order valence-electron chi connectivity index (χ4n) is 2.03. The molecule has 1 aromatic heterocycles. The van der Waals surface area contributed by atoms with Gasteiger partial charge in [-0.15, -0.1) is 0 Å². The van der Waals surface area contributed by atoms with Crippen LogP contribution in [0.4, 0.5) is 0 Å². The number of esters is 1. The van der Waals surface area contributed by atoms with Gasteiger partial charge in [0.1, 0.15) is 0 Å². The lowest BCUT2D eigenvalue weighted by molar-refractivity contribution is 0.0525. The lowest BCUT2D eigenvalue weighted by Gasteiger charge is -2.09. The third-order valence-electron chi connectivity index (χ3n) is 2.82. The number of carbonyl (C=O) groups is 1. The second kappa shape index (κ2) is 5.19. The van der Waals surface area contributed by atoms with Crippen LogP contribution in [-0.4, -0.2) is 17.1 Å². The van der Waals surface area contributed by atoms with E-state index >= 15 is 0 Å². The molecule has 0 fully saturated rings. The summed E-state index contributed by atoms with van der Waals surface area (Å²) in [5.74, 6) is 0.209. The Labute approximate surface area is 97.4 Å². The summed E-state index contributed by atoms with van der Waals surface area (Å²) < 4.78 is 7.17. The molecule has 0 spiro atoms. The minimum Gasteiger partial charge on any atom is -0.462 e. The predicted molar refractivity (Wildman–Crippen MR) is 64.8 cm³/mol. The summed E-state index contributed by atoms with van der Waals surface area (Å²) >= 11 is 0. The van der Waals surface area contributed by atoms with Crippen LogP contribution in [0, 0.1) is 0 Å². The topological polar surface area (TPSA) is 31.2 Å². The Balaban J connectivity index is 3.18. The Morgan fingerprint density at radius 1 is 1.44 bits per heavy atom. The number of hydrogen-bond acceptors (Lipinski definition) is 2. The van der Waals surface area contributed by atoms with Crippen molar-refractivity contribution in [1.82, 2.24) is 4.57 Å². The molecule has 0 aromatic carbocycles. The molecule has 0 saturated carbocycles. The number of nitrogens with zero attached hydrogens (tertiary/aromatic N) is 1. The highest BCUT2D eigenvalue weighted by Crippen LogP contribution is 2.22. The lowest BCUT2D eigenvalue weighted by atomic mass is 10.1. The van der Waals surface area contributed by atoms with Gasteiger partial charge in [-0.1, -0.05) is 20.8 Å². The van der Waals surface area contributed by atoms with E-state index in [1.807, 2.05) is 20.0 Å². The van der Waals surface area contributed by atoms with Crippen LogP contribution >= 0.6 is 0 Å². The lowest BCUT2D eigenvalue weighted by Crippen LogP contribution is -2.08. The van der Waals surface area contributed by atoms with Gasteiger partial charge in [0.15, 0.2) is 0 Å². The molecule has 0 atom stereocenters. The Bertz CT molecular complexity index is 378. The molecule has 0 aliphatic rings. The third-order valence-corrected chi connectivity index (χ3v) is 2.82. The zero-order valence-electron chi connectivity index (χ0n) is 10.8. The standard InChI is InChI=1S/C13H21NO2/c1-6-11-10(13(15)16-7-2)8-12(9(3)4)14(11)5/h8-9H,6-7H2,1-5H3. The van der Waals surface area contributed by atoms with Crippen LogP contribution < -0.4 is 0 Å².